The number of esters is 1. The molecule has 0 spiro atoms. The minimum atomic E-state index is -0.202. The highest BCUT2D eigenvalue weighted by molar-refractivity contribution is 5.66. The third kappa shape index (κ3) is 5.53. The first kappa shape index (κ1) is 14.5. The molecule has 17 heavy (non-hydrogen) atoms. The molecule has 0 saturated carbocycles. The molecule has 0 unspecified atom stereocenters. The number of unbranched alkanes of at least 4 members (excludes halogenated alkanes) is 3. The van der Waals surface area contributed by atoms with Gasteiger partial charge in [-0.15, -0.1) is 0 Å². The standard InChI is InChI=1S/C14H26O3/c1-4-5-6-7-8-13-9-10-14(11(2)16-13)17-12(3)15/h11,13-14H,4-10H2,1-3H3/t11-,13-,14+/m1/s1. The van der Waals surface area contributed by atoms with Crippen LogP contribution in [0.25, 0.3) is 0 Å². The molecule has 1 saturated heterocycles. The fraction of sp³-hybridized carbons (Fsp3) is 0.929. The van der Waals surface area contributed by atoms with Crippen LogP contribution in [-0.2, 0) is 14.3 Å². The Labute approximate surface area is 105 Å². The smallest absolute Gasteiger partial charge is 0.302 e. The van der Waals surface area contributed by atoms with Crippen molar-refractivity contribution in [3.63, 3.8) is 0 Å². The third-order valence-corrected chi connectivity index (χ3v) is 3.40. The Hall–Kier alpha value is -0.570. The van der Waals surface area contributed by atoms with E-state index in [9.17, 15) is 4.79 Å². The second kappa shape index (κ2) is 7.70. The van der Waals surface area contributed by atoms with Gasteiger partial charge in [0.05, 0.1) is 12.2 Å². The van der Waals surface area contributed by atoms with Crippen LogP contribution in [0.5, 0.6) is 0 Å². The van der Waals surface area contributed by atoms with Crippen molar-refractivity contribution in [1.29, 1.82) is 0 Å². The summed E-state index contributed by atoms with van der Waals surface area (Å²) in [6.07, 6.45) is 8.64. The van der Waals surface area contributed by atoms with E-state index in [1.807, 2.05) is 6.92 Å². The topological polar surface area (TPSA) is 35.5 Å². The predicted octanol–water partition coefficient (Wildman–Crippen LogP) is 3.46. The van der Waals surface area contributed by atoms with Crippen LogP contribution in [0.3, 0.4) is 0 Å². The van der Waals surface area contributed by atoms with Crippen LogP contribution in [0.4, 0.5) is 0 Å². The van der Waals surface area contributed by atoms with Gasteiger partial charge in [0.15, 0.2) is 0 Å². The van der Waals surface area contributed by atoms with Crippen LogP contribution in [0.15, 0.2) is 0 Å². The van der Waals surface area contributed by atoms with Gasteiger partial charge in [0.1, 0.15) is 6.10 Å². The number of hydrogen-bond donors (Lipinski definition) is 0. The fourth-order valence-electron chi connectivity index (χ4n) is 2.42. The van der Waals surface area contributed by atoms with Gasteiger partial charge in [0.25, 0.3) is 0 Å². The van der Waals surface area contributed by atoms with Gasteiger partial charge in [-0.3, -0.25) is 4.79 Å². The molecule has 0 radical (unpaired) electrons. The number of carbonyl (C=O) groups excluding carboxylic acids is 1. The van der Waals surface area contributed by atoms with Crippen LogP contribution < -0.4 is 0 Å². The number of hydrogen-bond acceptors (Lipinski definition) is 3. The molecule has 1 aliphatic rings. The monoisotopic (exact) mass is 242 g/mol. The number of ether oxygens (including phenoxy) is 2. The molecule has 0 aromatic rings. The maximum absolute atomic E-state index is 10.9. The number of carbonyl (C=O) groups is 1. The molecular weight excluding hydrogens is 216 g/mol. The van der Waals surface area contributed by atoms with Crippen LogP contribution in [0, 0.1) is 0 Å². The first-order valence-electron chi connectivity index (χ1n) is 6.96. The van der Waals surface area contributed by atoms with Crippen molar-refractivity contribution in [2.45, 2.75) is 84.0 Å². The van der Waals surface area contributed by atoms with Crippen molar-refractivity contribution in [2.24, 2.45) is 0 Å². The highest BCUT2D eigenvalue weighted by Gasteiger charge is 2.29. The van der Waals surface area contributed by atoms with Crippen molar-refractivity contribution in [3.05, 3.63) is 0 Å². The van der Waals surface area contributed by atoms with Crippen LogP contribution in [0.2, 0.25) is 0 Å². The van der Waals surface area contributed by atoms with Crippen molar-refractivity contribution >= 4 is 5.97 Å². The van der Waals surface area contributed by atoms with Crippen molar-refractivity contribution in [1.82, 2.24) is 0 Å². The minimum absolute atomic E-state index is 0.0422. The molecule has 3 nitrogen and oxygen atoms in total. The average Bonchev–Trinajstić information content (AvgIpc) is 2.27. The maximum atomic E-state index is 10.9. The van der Waals surface area contributed by atoms with Gasteiger partial charge in [0, 0.05) is 6.92 Å². The minimum Gasteiger partial charge on any atom is -0.460 e. The van der Waals surface area contributed by atoms with Crippen molar-refractivity contribution in [2.75, 3.05) is 0 Å². The molecule has 3 heteroatoms. The summed E-state index contributed by atoms with van der Waals surface area (Å²) in [5.41, 5.74) is 0. The van der Waals surface area contributed by atoms with E-state index in [4.69, 9.17) is 9.47 Å². The second-order valence-corrected chi connectivity index (χ2v) is 5.04. The Morgan fingerprint density at radius 2 is 2.06 bits per heavy atom. The predicted molar refractivity (Wildman–Crippen MR) is 67.9 cm³/mol. The summed E-state index contributed by atoms with van der Waals surface area (Å²) in [6.45, 7) is 5.69. The Balaban J connectivity index is 2.19. The van der Waals surface area contributed by atoms with Gasteiger partial charge in [-0.2, -0.15) is 0 Å². The quantitative estimate of drug-likeness (QED) is 0.528. The summed E-state index contributed by atoms with van der Waals surface area (Å²) < 4.78 is 11.1. The molecule has 0 amide bonds. The van der Waals surface area contributed by atoms with Gasteiger partial charge in [-0.25, -0.2) is 0 Å². The van der Waals surface area contributed by atoms with Crippen molar-refractivity contribution in [3.8, 4) is 0 Å². The summed E-state index contributed by atoms with van der Waals surface area (Å²) in [5.74, 6) is -0.202. The van der Waals surface area contributed by atoms with Gasteiger partial charge < -0.3 is 9.47 Å². The van der Waals surface area contributed by atoms with Gasteiger partial charge in [0.2, 0.25) is 0 Å². The van der Waals surface area contributed by atoms with E-state index >= 15 is 0 Å². The molecule has 0 N–H and O–H groups in total. The zero-order valence-electron chi connectivity index (χ0n) is 11.4. The lowest BCUT2D eigenvalue weighted by Crippen LogP contribution is -2.39. The van der Waals surface area contributed by atoms with Crippen molar-refractivity contribution < 1.29 is 14.3 Å². The third-order valence-electron chi connectivity index (χ3n) is 3.40. The van der Waals surface area contributed by atoms with E-state index in [2.05, 4.69) is 6.92 Å². The van der Waals surface area contributed by atoms with Crippen LogP contribution >= 0.6 is 0 Å². The average molecular weight is 242 g/mol. The molecule has 1 fully saturated rings. The lowest BCUT2D eigenvalue weighted by atomic mass is 9.98. The Morgan fingerprint density at radius 3 is 2.65 bits per heavy atom. The summed E-state index contributed by atoms with van der Waals surface area (Å²) in [7, 11) is 0. The Bertz CT molecular complexity index is 228. The molecule has 1 heterocycles. The first-order chi connectivity index (χ1) is 8.13. The lowest BCUT2D eigenvalue weighted by Gasteiger charge is -2.34. The van der Waals surface area contributed by atoms with Crippen LogP contribution in [-0.4, -0.2) is 24.3 Å². The normalized spacial score (nSPS) is 29.0. The second-order valence-electron chi connectivity index (χ2n) is 5.04. The molecule has 1 rings (SSSR count). The molecule has 1 aliphatic heterocycles. The maximum Gasteiger partial charge on any atom is 0.302 e. The van der Waals surface area contributed by atoms with E-state index in [1.54, 1.807) is 0 Å². The van der Waals surface area contributed by atoms with Gasteiger partial charge in [-0.1, -0.05) is 32.6 Å². The summed E-state index contributed by atoms with van der Waals surface area (Å²) in [5, 5.41) is 0. The Kier molecular flexibility index (Phi) is 6.56. The number of rotatable bonds is 6. The first-order valence-corrected chi connectivity index (χ1v) is 6.96. The highest BCUT2D eigenvalue weighted by Crippen LogP contribution is 2.25. The van der Waals surface area contributed by atoms with Gasteiger partial charge >= 0.3 is 5.97 Å². The summed E-state index contributed by atoms with van der Waals surface area (Å²) >= 11 is 0. The van der Waals surface area contributed by atoms with E-state index in [0.29, 0.717) is 6.10 Å². The lowest BCUT2D eigenvalue weighted by molar-refractivity contribution is -0.167. The highest BCUT2D eigenvalue weighted by atomic mass is 16.6. The molecule has 100 valence electrons. The molecule has 0 bridgehead atoms. The van der Waals surface area contributed by atoms with E-state index in [1.165, 1.54) is 32.6 Å². The molecule has 0 aliphatic carbocycles. The molecule has 0 aromatic heterocycles. The van der Waals surface area contributed by atoms with Gasteiger partial charge in [-0.05, 0) is 26.2 Å². The molecular formula is C14H26O3. The summed E-state index contributed by atoms with van der Waals surface area (Å²) in [4.78, 5) is 10.9. The van der Waals surface area contributed by atoms with E-state index < -0.39 is 0 Å². The molecule has 0 aromatic carbocycles. The van der Waals surface area contributed by atoms with Crippen LogP contribution in [0.1, 0.15) is 65.7 Å². The fourth-order valence-corrected chi connectivity index (χ4v) is 2.42. The zero-order chi connectivity index (χ0) is 12.7. The SMILES string of the molecule is CCCCCC[C@@H]1CC[C@H](OC(C)=O)[C@@H](C)O1. The largest absolute Gasteiger partial charge is 0.460 e. The Morgan fingerprint density at radius 1 is 1.29 bits per heavy atom. The molecule has 3 atom stereocenters. The zero-order valence-corrected chi connectivity index (χ0v) is 11.4. The van der Waals surface area contributed by atoms with E-state index in [0.717, 1.165) is 19.3 Å². The summed E-state index contributed by atoms with van der Waals surface area (Å²) in [6, 6.07) is 0. The van der Waals surface area contributed by atoms with E-state index in [-0.39, 0.29) is 18.2 Å².